The van der Waals surface area contributed by atoms with E-state index < -0.39 is 4.92 Å². The van der Waals surface area contributed by atoms with Crippen molar-refractivity contribution in [2.75, 3.05) is 5.73 Å². The van der Waals surface area contributed by atoms with Gasteiger partial charge in [-0.15, -0.1) is 0 Å². The van der Waals surface area contributed by atoms with Gasteiger partial charge in [-0.1, -0.05) is 0 Å². The molecule has 0 bridgehead atoms. The molecule has 16 heavy (non-hydrogen) atoms. The highest BCUT2D eigenvalue weighted by molar-refractivity contribution is 5.66. The summed E-state index contributed by atoms with van der Waals surface area (Å²) in [6.07, 6.45) is 2.74. The molecule has 8 heteroatoms. The Bertz CT molecular complexity index is 549. The molecule has 0 unspecified atom stereocenters. The number of nitro groups is 1. The predicted octanol–water partition coefficient (Wildman–Crippen LogP) is 0.367. The number of hydrogen-bond donors (Lipinski definition) is 1. The van der Waals surface area contributed by atoms with Crippen molar-refractivity contribution in [3.05, 3.63) is 28.6 Å². The molecule has 0 spiro atoms. The second-order valence-corrected chi connectivity index (χ2v) is 3.09. The van der Waals surface area contributed by atoms with E-state index in [1.807, 2.05) is 0 Å². The van der Waals surface area contributed by atoms with Crippen molar-refractivity contribution < 1.29 is 4.92 Å². The number of nitrogens with zero attached hydrogens (tertiary/aromatic N) is 5. The van der Waals surface area contributed by atoms with Crippen LogP contribution < -0.4 is 5.73 Å². The Morgan fingerprint density at radius 2 is 2.31 bits per heavy atom. The summed E-state index contributed by atoms with van der Waals surface area (Å²) >= 11 is 0. The minimum Gasteiger partial charge on any atom is -0.368 e. The van der Waals surface area contributed by atoms with E-state index in [4.69, 9.17) is 5.73 Å². The van der Waals surface area contributed by atoms with Crippen LogP contribution in [0.1, 0.15) is 0 Å². The van der Waals surface area contributed by atoms with Crippen molar-refractivity contribution in [2.24, 2.45) is 7.05 Å². The fourth-order valence-corrected chi connectivity index (χ4v) is 1.25. The molecule has 0 amide bonds. The lowest BCUT2D eigenvalue weighted by atomic mass is 10.2. The van der Waals surface area contributed by atoms with Crippen LogP contribution in [0.2, 0.25) is 0 Å². The molecule has 0 saturated heterocycles. The number of rotatable bonds is 2. The van der Waals surface area contributed by atoms with Crippen molar-refractivity contribution in [3.8, 4) is 11.4 Å². The lowest BCUT2D eigenvalue weighted by molar-refractivity contribution is -0.384. The molecule has 0 aliphatic carbocycles. The molecule has 2 aromatic heterocycles. The Morgan fingerprint density at radius 3 is 2.88 bits per heavy atom. The third-order valence-corrected chi connectivity index (χ3v) is 1.94. The zero-order chi connectivity index (χ0) is 11.7. The monoisotopic (exact) mass is 220 g/mol. The van der Waals surface area contributed by atoms with E-state index in [2.05, 4.69) is 15.1 Å². The van der Waals surface area contributed by atoms with Crippen molar-refractivity contribution in [2.45, 2.75) is 0 Å². The summed E-state index contributed by atoms with van der Waals surface area (Å²) in [5.41, 5.74) is 5.69. The van der Waals surface area contributed by atoms with Crippen LogP contribution in [0.3, 0.4) is 0 Å². The van der Waals surface area contributed by atoms with Gasteiger partial charge in [-0.25, -0.2) is 9.97 Å². The average Bonchev–Trinajstić information content (AvgIpc) is 2.64. The van der Waals surface area contributed by atoms with Crippen molar-refractivity contribution in [1.29, 1.82) is 0 Å². The fraction of sp³-hybridized carbons (Fsp3) is 0.125. The van der Waals surface area contributed by atoms with Gasteiger partial charge in [0, 0.05) is 13.2 Å². The number of nitrogen functional groups attached to an aromatic ring is 1. The first-order valence-electron chi connectivity index (χ1n) is 4.35. The molecule has 0 aliphatic heterocycles. The van der Waals surface area contributed by atoms with E-state index in [1.54, 1.807) is 19.3 Å². The highest BCUT2D eigenvalue weighted by Gasteiger charge is 2.19. The first kappa shape index (κ1) is 10.0. The number of aromatic nitrogens is 4. The number of hydrogen-bond acceptors (Lipinski definition) is 6. The van der Waals surface area contributed by atoms with Crippen LogP contribution in [0, 0.1) is 10.1 Å². The minimum absolute atomic E-state index is 0.0220. The zero-order valence-corrected chi connectivity index (χ0v) is 8.36. The predicted molar refractivity (Wildman–Crippen MR) is 55.3 cm³/mol. The SMILES string of the molecule is Cn1ccc(-c2nc(N)ncc2[N+](=O)[O-])n1. The second kappa shape index (κ2) is 3.57. The number of nitrogens with two attached hydrogens (primary N) is 1. The Hall–Kier alpha value is -2.51. The van der Waals surface area contributed by atoms with Crippen LogP contribution in [0.15, 0.2) is 18.5 Å². The molecule has 0 aliphatic rings. The molecule has 0 atom stereocenters. The van der Waals surface area contributed by atoms with E-state index in [-0.39, 0.29) is 17.3 Å². The van der Waals surface area contributed by atoms with E-state index in [0.717, 1.165) is 6.20 Å². The van der Waals surface area contributed by atoms with Crippen LogP contribution >= 0.6 is 0 Å². The highest BCUT2D eigenvalue weighted by Crippen LogP contribution is 2.25. The summed E-state index contributed by atoms with van der Waals surface area (Å²) in [5.74, 6) is -0.0220. The topological polar surface area (TPSA) is 113 Å². The Labute approximate surface area is 89.9 Å². The molecule has 2 rings (SSSR count). The van der Waals surface area contributed by atoms with Gasteiger partial charge in [-0.05, 0) is 6.07 Å². The standard InChI is InChI=1S/C8H8N6O2/c1-13-3-2-5(12-13)7-6(14(15)16)4-10-8(9)11-7/h2-4H,1H3,(H2,9,10,11). The lowest BCUT2D eigenvalue weighted by Gasteiger charge is -1.99. The molecule has 2 heterocycles. The molecular formula is C8H8N6O2. The smallest absolute Gasteiger partial charge is 0.315 e. The summed E-state index contributed by atoms with van der Waals surface area (Å²) in [7, 11) is 1.71. The van der Waals surface area contributed by atoms with Crippen LogP contribution in [0.25, 0.3) is 11.4 Å². The lowest BCUT2D eigenvalue weighted by Crippen LogP contribution is -2.01. The van der Waals surface area contributed by atoms with E-state index in [9.17, 15) is 10.1 Å². The minimum atomic E-state index is -0.566. The van der Waals surface area contributed by atoms with Gasteiger partial charge in [0.1, 0.15) is 11.9 Å². The summed E-state index contributed by atoms with van der Waals surface area (Å²) in [6, 6.07) is 1.62. The van der Waals surface area contributed by atoms with Crippen LogP contribution in [0.5, 0.6) is 0 Å². The maximum Gasteiger partial charge on any atom is 0.315 e. The molecular weight excluding hydrogens is 212 g/mol. The Morgan fingerprint density at radius 1 is 1.56 bits per heavy atom. The molecule has 2 aromatic rings. The Balaban J connectivity index is 2.62. The first-order chi connectivity index (χ1) is 7.58. The van der Waals surface area contributed by atoms with Gasteiger partial charge in [-0.2, -0.15) is 5.10 Å². The first-order valence-corrected chi connectivity index (χ1v) is 4.35. The Kier molecular flexibility index (Phi) is 2.24. The fourth-order valence-electron chi connectivity index (χ4n) is 1.25. The number of aryl methyl sites for hydroxylation is 1. The van der Waals surface area contributed by atoms with Gasteiger partial charge >= 0.3 is 5.69 Å². The third-order valence-electron chi connectivity index (χ3n) is 1.94. The van der Waals surface area contributed by atoms with Crippen molar-refractivity contribution >= 4 is 11.6 Å². The van der Waals surface area contributed by atoms with Gasteiger partial charge in [0.15, 0.2) is 5.69 Å². The molecule has 0 aromatic carbocycles. The largest absolute Gasteiger partial charge is 0.368 e. The van der Waals surface area contributed by atoms with Gasteiger partial charge in [0.2, 0.25) is 5.95 Å². The molecule has 0 fully saturated rings. The third kappa shape index (κ3) is 1.67. The second-order valence-electron chi connectivity index (χ2n) is 3.09. The summed E-state index contributed by atoms with van der Waals surface area (Å²) in [6.45, 7) is 0. The van der Waals surface area contributed by atoms with Crippen molar-refractivity contribution in [1.82, 2.24) is 19.7 Å². The average molecular weight is 220 g/mol. The maximum atomic E-state index is 10.8. The van der Waals surface area contributed by atoms with Gasteiger partial charge in [-0.3, -0.25) is 14.8 Å². The van der Waals surface area contributed by atoms with Gasteiger partial charge < -0.3 is 5.73 Å². The molecule has 2 N–H and O–H groups in total. The molecule has 0 saturated carbocycles. The summed E-state index contributed by atoms with van der Waals surface area (Å²) < 4.78 is 1.53. The van der Waals surface area contributed by atoms with Gasteiger partial charge in [0.25, 0.3) is 0 Å². The van der Waals surface area contributed by atoms with Crippen LogP contribution in [-0.4, -0.2) is 24.7 Å². The molecule has 82 valence electrons. The summed E-state index contributed by atoms with van der Waals surface area (Å²) in [4.78, 5) is 17.6. The number of anilines is 1. The normalized spacial score (nSPS) is 10.3. The zero-order valence-electron chi connectivity index (χ0n) is 8.36. The van der Waals surface area contributed by atoms with Crippen LogP contribution in [-0.2, 0) is 7.05 Å². The van der Waals surface area contributed by atoms with Crippen LogP contribution in [0.4, 0.5) is 11.6 Å². The highest BCUT2D eigenvalue weighted by atomic mass is 16.6. The van der Waals surface area contributed by atoms with Crippen molar-refractivity contribution in [3.63, 3.8) is 0 Å². The van der Waals surface area contributed by atoms with E-state index >= 15 is 0 Å². The molecule has 8 nitrogen and oxygen atoms in total. The maximum absolute atomic E-state index is 10.8. The summed E-state index contributed by atoms with van der Waals surface area (Å²) in [5, 5.41) is 14.8. The van der Waals surface area contributed by atoms with E-state index in [0.29, 0.717) is 5.69 Å². The molecule has 0 radical (unpaired) electrons. The quantitative estimate of drug-likeness (QED) is 0.577. The van der Waals surface area contributed by atoms with E-state index in [1.165, 1.54) is 4.68 Å². The van der Waals surface area contributed by atoms with Gasteiger partial charge in [0.05, 0.1) is 4.92 Å².